The maximum Gasteiger partial charge on any atom is 0.290 e. The van der Waals surface area contributed by atoms with E-state index in [0.717, 1.165) is 21.6 Å². The Morgan fingerprint density at radius 3 is 2.69 bits per heavy atom. The number of aryl methyl sites for hydroxylation is 2. The number of methoxy groups -OCH3 is 1. The van der Waals surface area contributed by atoms with Crippen molar-refractivity contribution in [2.45, 2.75) is 33.4 Å². The van der Waals surface area contributed by atoms with Gasteiger partial charge in [-0.25, -0.2) is 4.68 Å². The van der Waals surface area contributed by atoms with Crippen molar-refractivity contribution in [3.8, 4) is 17.0 Å². The number of hydrogen-bond acceptors (Lipinski definition) is 6. The van der Waals surface area contributed by atoms with Crippen LogP contribution in [0, 0.1) is 13.8 Å². The van der Waals surface area contributed by atoms with Gasteiger partial charge in [-0.15, -0.1) is 0 Å². The van der Waals surface area contributed by atoms with Crippen molar-refractivity contribution >= 4 is 11.6 Å². The molecule has 8 heteroatoms. The summed E-state index contributed by atoms with van der Waals surface area (Å²) in [7, 11) is 1.57. The molecule has 1 atom stereocenters. The lowest BCUT2D eigenvalue weighted by molar-refractivity contribution is -0.124. The van der Waals surface area contributed by atoms with E-state index < -0.39 is 11.6 Å². The van der Waals surface area contributed by atoms with Crippen LogP contribution in [0.15, 0.2) is 45.6 Å². The van der Waals surface area contributed by atoms with E-state index in [9.17, 15) is 9.59 Å². The van der Waals surface area contributed by atoms with Crippen LogP contribution in [0.5, 0.6) is 5.75 Å². The van der Waals surface area contributed by atoms with Crippen LogP contribution in [0.25, 0.3) is 11.3 Å². The SMILES string of the molecule is COc1ccccc1CNC(=O)[C@@H](C)n1nc(-c2cc(C)oc2C)cc(N)c1=O. The van der Waals surface area contributed by atoms with Gasteiger partial charge in [-0.2, -0.15) is 5.10 Å². The number of nitrogens with two attached hydrogens (primary N) is 1. The highest BCUT2D eigenvalue weighted by Crippen LogP contribution is 2.25. The maximum atomic E-state index is 12.7. The number of para-hydroxylation sites is 1. The van der Waals surface area contributed by atoms with E-state index in [1.54, 1.807) is 21.0 Å². The number of anilines is 1. The Kier molecular flexibility index (Phi) is 5.72. The Bertz CT molecular complexity index is 1100. The Morgan fingerprint density at radius 1 is 1.31 bits per heavy atom. The molecule has 152 valence electrons. The zero-order chi connectivity index (χ0) is 21.1. The Labute approximate surface area is 168 Å². The lowest BCUT2D eigenvalue weighted by Crippen LogP contribution is -2.37. The largest absolute Gasteiger partial charge is 0.496 e. The van der Waals surface area contributed by atoms with Gasteiger partial charge in [0, 0.05) is 17.7 Å². The highest BCUT2D eigenvalue weighted by atomic mass is 16.5. The molecule has 0 radical (unpaired) electrons. The zero-order valence-electron chi connectivity index (χ0n) is 16.9. The molecule has 3 N–H and O–H groups in total. The number of amides is 1. The Morgan fingerprint density at radius 2 is 2.03 bits per heavy atom. The molecule has 0 spiro atoms. The third kappa shape index (κ3) is 4.16. The van der Waals surface area contributed by atoms with Crippen LogP contribution >= 0.6 is 0 Å². The van der Waals surface area contributed by atoms with E-state index >= 15 is 0 Å². The van der Waals surface area contributed by atoms with Crippen LogP contribution in [0.2, 0.25) is 0 Å². The van der Waals surface area contributed by atoms with Crippen molar-refractivity contribution in [1.29, 1.82) is 0 Å². The second kappa shape index (κ2) is 8.22. The van der Waals surface area contributed by atoms with Crippen molar-refractivity contribution in [2.24, 2.45) is 0 Å². The highest BCUT2D eigenvalue weighted by molar-refractivity contribution is 5.80. The molecule has 1 amide bonds. The van der Waals surface area contributed by atoms with Gasteiger partial charge in [-0.1, -0.05) is 18.2 Å². The van der Waals surface area contributed by atoms with Crippen molar-refractivity contribution < 1.29 is 13.9 Å². The first-order valence-corrected chi connectivity index (χ1v) is 9.18. The standard InChI is InChI=1S/C21H24N4O4/c1-12-9-16(14(3)29-12)18-10-17(22)21(27)25(24-18)13(2)20(26)23-11-15-7-5-6-8-19(15)28-4/h5-10,13H,11,22H2,1-4H3,(H,23,26)/t13-/m1/s1. The Hall–Kier alpha value is -3.55. The van der Waals surface area contributed by atoms with Crippen LogP contribution in [-0.2, 0) is 11.3 Å². The number of nitrogens with one attached hydrogen (secondary N) is 1. The van der Waals surface area contributed by atoms with Gasteiger partial charge in [0.15, 0.2) is 0 Å². The smallest absolute Gasteiger partial charge is 0.290 e. The molecular weight excluding hydrogens is 372 g/mol. The Balaban J connectivity index is 1.86. The predicted octanol–water partition coefficient (Wildman–Crippen LogP) is 2.59. The van der Waals surface area contributed by atoms with Crippen LogP contribution < -0.4 is 21.3 Å². The summed E-state index contributed by atoms with van der Waals surface area (Å²) in [4.78, 5) is 25.2. The second-order valence-electron chi connectivity index (χ2n) is 6.77. The van der Waals surface area contributed by atoms with Crippen molar-refractivity contribution in [1.82, 2.24) is 15.1 Å². The fourth-order valence-electron chi connectivity index (χ4n) is 3.10. The fraction of sp³-hybridized carbons (Fsp3) is 0.286. The molecule has 2 heterocycles. The molecule has 0 saturated heterocycles. The van der Waals surface area contributed by atoms with Gasteiger partial charge in [0.25, 0.3) is 5.56 Å². The maximum absolute atomic E-state index is 12.7. The van der Waals surface area contributed by atoms with E-state index in [0.29, 0.717) is 17.2 Å². The number of rotatable bonds is 6. The van der Waals surface area contributed by atoms with Gasteiger partial charge < -0.3 is 20.2 Å². The molecule has 0 aliphatic heterocycles. The van der Waals surface area contributed by atoms with Gasteiger partial charge in [0.05, 0.1) is 12.8 Å². The molecule has 0 unspecified atom stereocenters. The van der Waals surface area contributed by atoms with Gasteiger partial charge in [-0.05, 0) is 39.0 Å². The third-order valence-electron chi connectivity index (χ3n) is 4.67. The van der Waals surface area contributed by atoms with Crippen molar-refractivity contribution in [2.75, 3.05) is 12.8 Å². The number of furan rings is 1. The molecule has 0 fully saturated rings. The number of carbonyl (C=O) groups excluding carboxylic acids is 1. The van der Waals surface area contributed by atoms with Crippen LogP contribution in [-0.4, -0.2) is 22.8 Å². The molecule has 0 aliphatic carbocycles. The van der Waals surface area contributed by atoms with E-state index in [-0.39, 0.29) is 18.1 Å². The summed E-state index contributed by atoms with van der Waals surface area (Å²) in [5.74, 6) is 1.70. The number of aromatic nitrogens is 2. The fourth-order valence-corrected chi connectivity index (χ4v) is 3.10. The summed E-state index contributed by atoms with van der Waals surface area (Å²) < 4.78 is 11.9. The van der Waals surface area contributed by atoms with E-state index in [1.165, 1.54) is 6.07 Å². The molecular formula is C21H24N4O4. The molecule has 0 aliphatic rings. The highest BCUT2D eigenvalue weighted by Gasteiger charge is 2.21. The van der Waals surface area contributed by atoms with Crippen LogP contribution in [0.1, 0.15) is 30.0 Å². The van der Waals surface area contributed by atoms with Crippen molar-refractivity contribution in [3.63, 3.8) is 0 Å². The van der Waals surface area contributed by atoms with E-state index in [1.807, 2.05) is 37.3 Å². The summed E-state index contributed by atoms with van der Waals surface area (Å²) in [5.41, 5.74) is 7.42. The van der Waals surface area contributed by atoms with E-state index in [4.69, 9.17) is 14.9 Å². The molecule has 0 saturated carbocycles. The second-order valence-corrected chi connectivity index (χ2v) is 6.77. The topological polar surface area (TPSA) is 112 Å². The summed E-state index contributed by atoms with van der Waals surface area (Å²) in [6.45, 7) is 5.49. The minimum absolute atomic E-state index is 0.0117. The number of nitrogen functional groups attached to an aromatic ring is 1. The van der Waals surface area contributed by atoms with E-state index in [2.05, 4.69) is 10.4 Å². The summed E-state index contributed by atoms with van der Waals surface area (Å²) in [5, 5.41) is 7.18. The first-order valence-electron chi connectivity index (χ1n) is 9.18. The number of hydrogen-bond donors (Lipinski definition) is 2. The van der Waals surface area contributed by atoms with Gasteiger partial charge in [-0.3, -0.25) is 9.59 Å². The van der Waals surface area contributed by atoms with Gasteiger partial charge in [0.2, 0.25) is 5.91 Å². The first kappa shape index (κ1) is 20.2. The molecule has 3 aromatic rings. The lowest BCUT2D eigenvalue weighted by atomic mass is 10.1. The average Bonchev–Trinajstić information content (AvgIpc) is 3.05. The molecule has 2 aromatic heterocycles. The van der Waals surface area contributed by atoms with Crippen LogP contribution in [0.4, 0.5) is 5.69 Å². The van der Waals surface area contributed by atoms with Crippen molar-refractivity contribution in [3.05, 3.63) is 63.8 Å². The third-order valence-corrected chi connectivity index (χ3v) is 4.67. The van der Waals surface area contributed by atoms with Gasteiger partial charge >= 0.3 is 0 Å². The number of ether oxygens (including phenoxy) is 1. The number of carbonyl (C=O) groups is 1. The summed E-state index contributed by atoms with van der Waals surface area (Å²) >= 11 is 0. The number of benzene rings is 1. The molecule has 3 rings (SSSR count). The predicted molar refractivity (Wildman–Crippen MR) is 110 cm³/mol. The minimum atomic E-state index is -0.854. The molecule has 0 bridgehead atoms. The summed E-state index contributed by atoms with van der Waals surface area (Å²) in [6.07, 6.45) is 0. The normalized spacial score (nSPS) is 11.9. The van der Waals surface area contributed by atoms with Gasteiger partial charge in [0.1, 0.15) is 29.0 Å². The first-order chi connectivity index (χ1) is 13.8. The zero-order valence-corrected chi connectivity index (χ0v) is 16.9. The van der Waals surface area contributed by atoms with Crippen LogP contribution in [0.3, 0.4) is 0 Å². The molecule has 1 aromatic carbocycles. The molecule has 29 heavy (non-hydrogen) atoms. The minimum Gasteiger partial charge on any atom is -0.496 e. The quantitative estimate of drug-likeness (QED) is 0.662. The monoisotopic (exact) mass is 396 g/mol. The average molecular weight is 396 g/mol. The molecule has 8 nitrogen and oxygen atoms in total. The lowest BCUT2D eigenvalue weighted by Gasteiger charge is -2.16. The summed E-state index contributed by atoms with van der Waals surface area (Å²) in [6, 6.07) is 9.84. The number of nitrogens with zero attached hydrogens (tertiary/aromatic N) is 2.